The third kappa shape index (κ3) is 4.57. The molecule has 146 valence electrons. The summed E-state index contributed by atoms with van der Waals surface area (Å²) in [7, 11) is -3.64. The summed E-state index contributed by atoms with van der Waals surface area (Å²) >= 11 is 0. The van der Waals surface area contributed by atoms with Crippen LogP contribution in [0.1, 0.15) is 54.4 Å². The normalized spacial score (nSPS) is 28.4. The van der Waals surface area contributed by atoms with E-state index in [0.717, 1.165) is 18.6 Å². The Morgan fingerprint density at radius 3 is 1.92 bits per heavy atom. The standard InChI is InChI=1S/C19H39NO3Si2/c1-18(2,3)24(7,8)22-15-11-14-13-21-20-17(14)16(12-15)23-25(9,10)19(4,5)6/h14-16H,11-13H2,1-10H3/t14-,15-,16+/m1/s1. The van der Waals surface area contributed by atoms with Gasteiger partial charge in [-0.3, -0.25) is 0 Å². The van der Waals surface area contributed by atoms with Crippen molar-refractivity contribution in [1.29, 1.82) is 0 Å². The first-order chi connectivity index (χ1) is 11.1. The third-order valence-corrected chi connectivity index (χ3v) is 15.7. The van der Waals surface area contributed by atoms with E-state index in [0.29, 0.717) is 12.5 Å². The SMILES string of the molecule is CC(C)(C)[Si](C)(C)O[C@@H]1C[C@@H]2CON=C2[C@@H](O[Si](C)(C)C(C)(C)C)C1. The Morgan fingerprint density at radius 2 is 1.40 bits per heavy atom. The summed E-state index contributed by atoms with van der Waals surface area (Å²) in [5.74, 6) is 0.360. The van der Waals surface area contributed by atoms with Crippen molar-refractivity contribution in [2.45, 2.75) is 103 Å². The molecule has 4 nitrogen and oxygen atoms in total. The van der Waals surface area contributed by atoms with Crippen LogP contribution in [0.4, 0.5) is 0 Å². The lowest BCUT2D eigenvalue weighted by molar-refractivity contribution is 0.0813. The van der Waals surface area contributed by atoms with Gasteiger partial charge < -0.3 is 13.7 Å². The predicted molar refractivity (Wildman–Crippen MR) is 110 cm³/mol. The molecular formula is C19H39NO3Si2. The number of oxime groups is 1. The summed E-state index contributed by atoms with van der Waals surface area (Å²) in [6.07, 6.45) is 2.23. The molecule has 0 amide bonds. The maximum absolute atomic E-state index is 6.75. The first-order valence-electron chi connectivity index (χ1n) is 9.69. The van der Waals surface area contributed by atoms with Crippen LogP contribution in [0.25, 0.3) is 0 Å². The van der Waals surface area contributed by atoms with Crippen LogP contribution in [-0.4, -0.2) is 41.2 Å². The highest BCUT2D eigenvalue weighted by Crippen LogP contribution is 2.43. The summed E-state index contributed by atoms with van der Waals surface area (Å²) in [6.45, 7) is 23.8. The van der Waals surface area contributed by atoms with E-state index < -0.39 is 16.6 Å². The molecule has 0 N–H and O–H groups in total. The molecular weight excluding hydrogens is 346 g/mol. The number of nitrogens with zero attached hydrogens (tertiary/aromatic N) is 1. The Kier molecular flexibility index (Phi) is 5.72. The fourth-order valence-corrected chi connectivity index (χ4v) is 5.64. The Labute approximate surface area is 156 Å². The lowest BCUT2D eigenvalue weighted by atomic mass is 9.84. The maximum atomic E-state index is 6.75. The molecule has 0 aromatic rings. The molecule has 3 atom stereocenters. The van der Waals surface area contributed by atoms with Crippen LogP contribution < -0.4 is 0 Å². The number of rotatable bonds is 4. The molecule has 1 aliphatic carbocycles. The van der Waals surface area contributed by atoms with E-state index in [4.69, 9.17) is 13.7 Å². The van der Waals surface area contributed by atoms with Crippen LogP contribution in [0.5, 0.6) is 0 Å². The quantitative estimate of drug-likeness (QED) is 0.594. The van der Waals surface area contributed by atoms with Gasteiger partial charge in [-0.2, -0.15) is 0 Å². The van der Waals surface area contributed by atoms with Crippen molar-refractivity contribution in [3.05, 3.63) is 0 Å². The summed E-state index contributed by atoms with van der Waals surface area (Å²) in [5, 5.41) is 4.77. The molecule has 0 spiro atoms. The van der Waals surface area contributed by atoms with Gasteiger partial charge in [0.15, 0.2) is 16.6 Å². The van der Waals surface area contributed by atoms with Crippen LogP contribution in [-0.2, 0) is 13.7 Å². The van der Waals surface area contributed by atoms with Crippen LogP contribution in [0.15, 0.2) is 5.16 Å². The Balaban J connectivity index is 2.17. The molecule has 1 saturated carbocycles. The van der Waals surface area contributed by atoms with Gasteiger partial charge in [0, 0.05) is 18.4 Å². The van der Waals surface area contributed by atoms with Crippen molar-refractivity contribution in [3.63, 3.8) is 0 Å². The second kappa shape index (κ2) is 6.77. The predicted octanol–water partition coefficient (Wildman–Crippen LogP) is 5.56. The van der Waals surface area contributed by atoms with Crippen molar-refractivity contribution >= 4 is 22.3 Å². The van der Waals surface area contributed by atoms with Gasteiger partial charge in [-0.25, -0.2) is 0 Å². The molecule has 25 heavy (non-hydrogen) atoms. The molecule has 0 saturated heterocycles. The molecule has 1 aliphatic heterocycles. The second-order valence-corrected chi connectivity index (χ2v) is 20.4. The summed E-state index contributed by atoms with van der Waals surface area (Å²) in [5.41, 5.74) is 1.12. The monoisotopic (exact) mass is 385 g/mol. The molecule has 1 heterocycles. The number of fused-ring (bicyclic) bond motifs is 1. The van der Waals surface area contributed by atoms with Gasteiger partial charge in [-0.1, -0.05) is 46.7 Å². The van der Waals surface area contributed by atoms with Crippen molar-refractivity contribution < 1.29 is 13.7 Å². The summed E-state index contributed by atoms with van der Waals surface area (Å²) < 4.78 is 13.5. The molecule has 6 heteroatoms. The average molecular weight is 386 g/mol. The van der Waals surface area contributed by atoms with E-state index in [-0.39, 0.29) is 22.3 Å². The topological polar surface area (TPSA) is 40.0 Å². The van der Waals surface area contributed by atoms with Crippen molar-refractivity contribution in [3.8, 4) is 0 Å². The molecule has 1 fully saturated rings. The fourth-order valence-electron chi connectivity index (χ4n) is 2.98. The smallest absolute Gasteiger partial charge is 0.192 e. The minimum absolute atomic E-state index is 0.0527. The largest absolute Gasteiger partial charge is 0.414 e. The van der Waals surface area contributed by atoms with Gasteiger partial charge in [-0.05, 0) is 42.7 Å². The zero-order valence-corrected chi connectivity index (χ0v) is 20.0. The van der Waals surface area contributed by atoms with Gasteiger partial charge >= 0.3 is 0 Å². The molecule has 2 aliphatic rings. The van der Waals surface area contributed by atoms with E-state index in [1.165, 1.54) is 0 Å². The Hall–Kier alpha value is -0.176. The van der Waals surface area contributed by atoms with Crippen LogP contribution in [0.2, 0.25) is 36.3 Å². The van der Waals surface area contributed by atoms with Crippen LogP contribution >= 0.6 is 0 Å². The van der Waals surface area contributed by atoms with Gasteiger partial charge in [-0.15, -0.1) is 0 Å². The number of hydrogen-bond acceptors (Lipinski definition) is 4. The second-order valence-electron chi connectivity index (χ2n) is 10.8. The minimum atomic E-state index is -1.86. The van der Waals surface area contributed by atoms with E-state index in [1.807, 2.05) is 0 Å². The number of hydrogen-bond donors (Lipinski definition) is 0. The Morgan fingerprint density at radius 1 is 0.880 bits per heavy atom. The van der Waals surface area contributed by atoms with Crippen molar-refractivity contribution in [2.75, 3.05) is 6.61 Å². The fraction of sp³-hybridized carbons (Fsp3) is 0.947. The molecule has 0 unspecified atom stereocenters. The van der Waals surface area contributed by atoms with E-state index in [1.54, 1.807) is 0 Å². The third-order valence-electron chi connectivity index (χ3n) is 6.73. The summed E-state index contributed by atoms with van der Waals surface area (Å²) in [6, 6.07) is 0. The van der Waals surface area contributed by atoms with E-state index in [2.05, 4.69) is 72.9 Å². The van der Waals surface area contributed by atoms with Crippen LogP contribution in [0, 0.1) is 5.92 Å². The van der Waals surface area contributed by atoms with E-state index in [9.17, 15) is 0 Å². The molecule has 0 aromatic heterocycles. The zero-order chi connectivity index (χ0) is 19.3. The lowest BCUT2D eigenvalue weighted by Gasteiger charge is -2.45. The highest BCUT2D eigenvalue weighted by molar-refractivity contribution is 6.74. The maximum Gasteiger partial charge on any atom is 0.192 e. The van der Waals surface area contributed by atoms with Gasteiger partial charge in [0.2, 0.25) is 0 Å². The van der Waals surface area contributed by atoms with Gasteiger partial charge in [0.1, 0.15) is 6.61 Å². The Bertz CT molecular complexity index is 518. The van der Waals surface area contributed by atoms with E-state index >= 15 is 0 Å². The van der Waals surface area contributed by atoms with Crippen molar-refractivity contribution in [2.24, 2.45) is 11.1 Å². The lowest BCUT2D eigenvalue weighted by Crippen LogP contribution is -2.52. The first-order valence-corrected chi connectivity index (χ1v) is 15.5. The highest BCUT2D eigenvalue weighted by atomic mass is 28.4. The molecule has 2 rings (SSSR count). The van der Waals surface area contributed by atoms with Gasteiger partial charge in [0.05, 0.1) is 11.8 Å². The van der Waals surface area contributed by atoms with Crippen LogP contribution in [0.3, 0.4) is 0 Å². The molecule has 0 radical (unpaired) electrons. The highest BCUT2D eigenvalue weighted by Gasteiger charge is 2.47. The molecule has 0 aromatic carbocycles. The summed E-state index contributed by atoms with van der Waals surface area (Å²) in [4.78, 5) is 5.45. The molecule has 0 bridgehead atoms. The minimum Gasteiger partial charge on any atom is -0.414 e. The van der Waals surface area contributed by atoms with Crippen molar-refractivity contribution in [1.82, 2.24) is 0 Å². The average Bonchev–Trinajstić information content (AvgIpc) is 2.83. The first kappa shape index (κ1) is 21.1. The zero-order valence-electron chi connectivity index (χ0n) is 18.0. The van der Waals surface area contributed by atoms with Gasteiger partial charge in [0.25, 0.3) is 0 Å².